The van der Waals surface area contributed by atoms with Gasteiger partial charge in [-0.05, 0) is 102 Å². The van der Waals surface area contributed by atoms with Crippen LogP contribution >= 0.6 is 0 Å². The highest BCUT2D eigenvalue weighted by molar-refractivity contribution is 6.10. The second kappa shape index (κ2) is 8.94. The third-order valence-electron chi connectivity index (χ3n) is 9.43. The maximum absolute atomic E-state index is 13.1. The fourth-order valence-electron chi connectivity index (χ4n) is 7.33. The smallest absolute Gasteiger partial charge is 0.317 e. The van der Waals surface area contributed by atoms with Gasteiger partial charge in [-0.25, -0.2) is 4.79 Å². The quantitative estimate of drug-likeness (QED) is 0.600. The molecule has 1 saturated carbocycles. The molecule has 6 nitrogen and oxygen atoms in total. The largest absolute Gasteiger partial charge is 0.381 e. The van der Waals surface area contributed by atoms with Crippen LogP contribution in [0.4, 0.5) is 4.79 Å². The highest BCUT2D eigenvalue weighted by Crippen LogP contribution is 2.69. The first kappa shape index (κ1) is 23.8. The number of piperidine rings is 2. The molecule has 3 fully saturated rings. The van der Waals surface area contributed by atoms with Crippen molar-refractivity contribution < 1.29 is 14.7 Å². The number of allylic oxidation sites excluding steroid dienone is 4. The lowest BCUT2D eigenvalue weighted by Gasteiger charge is -2.40. The summed E-state index contributed by atoms with van der Waals surface area (Å²) < 4.78 is 0. The molecule has 6 heteroatoms. The van der Waals surface area contributed by atoms with Crippen LogP contribution in [0.3, 0.4) is 0 Å². The molecule has 5 rings (SSSR count). The van der Waals surface area contributed by atoms with Gasteiger partial charge in [0.05, 0.1) is 0 Å². The molecule has 2 N–H and O–H groups in total. The second-order valence-corrected chi connectivity index (χ2v) is 11.4. The molecule has 2 heterocycles. The number of hydrogen-bond donors (Lipinski definition) is 2. The Balaban J connectivity index is 1.09. The van der Waals surface area contributed by atoms with Crippen molar-refractivity contribution in [3.05, 3.63) is 34.4 Å². The molecule has 3 atom stereocenters. The lowest BCUT2D eigenvalue weighted by molar-refractivity contribution is -0.138. The van der Waals surface area contributed by atoms with E-state index in [2.05, 4.69) is 23.2 Å². The number of fused-ring (bicyclic) bond motifs is 1. The molecule has 186 valence electrons. The summed E-state index contributed by atoms with van der Waals surface area (Å²) in [7, 11) is 0. The Hall–Kier alpha value is -1.92. The summed E-state index contributed by atoms with van der Waals surface area (Å²) in [4.78, 5) is 30.4. The first-order valence-corrected chi connectivity index (χ1v) is 13.4. The summed E-state index contributed by atoms with van der Waals surface area (Å²) in [5, 5.41) is 14.4. The fourth-order valence-corrected chi connectivity index (χ4v) is 7.33. The summed E-state index contributed by atoms with van der Waals surface area (Å²) in [6, 6.07) is 0.703. The number of hydrogen-bond acceptors (Lipinski definition) is 4. The predicted octanol–water partition coefficient (Wildman–Crippen LogP) is 3.97. The number of ketones is 1. The van der Waals surface area contributed by atoms with Crippen LogP contribution in [0.2, 0.25) is 0 Å². The van der Waals surface area contributed by atoms with Gasteiger partial charge in [0.25, 0.3) is 0 Å². The zero-order valence-electron chi connectivity index (χ0n) is 21.2. The molecule has 0 aromatic rings. The van der Waals surface area contributed by atoms with Gasteiger partial charge in [0, 0.05) is 36.7 Å². The van der Waals surface area contributed by atoms with Crippen molar-refractivity contribution in [2.45, 2.75) is 83.8 Å². The van der Waals surface area contributed by atoms with Gasteiger partial charge in [-0.2, -0.15) is 0 Å². The van der Waals surface area contributed by atoms with Crippen molar-refractivity contribution in [1.82, 2.24) is 15.1 Å². The fraction of sp³-hybridized carbons (Fsp3) is 0.714. The number of amides is 2. The number of Topliss-reactive ketones (excluding diaryl/α,β-unsaturated/α-hetero) is 1. The monoisotopic (exact) mass is 467 g/mol. The molecule has 34 heavy (non-hydrogen) atoms. The maximum Gasteiger partial charge on any atom is 0.317 e. The predicted molar refractivity (Wildman–Crippen MR) is 133 cm³/mol. The van der Waals surface area contributed by atoms with E-state index in [1.807, 2.05) is 17.9 Å². The minimum Gasteiger partial charge on any atom is -0.381 e. The third-order valence-corrected chi connectivity index (χ3v) is 9.43. The molecule has 0 aromatic heterocycles. The van der Waals surface area contributed by atoms with Gasteiger partial charge < -0.3 is 20.2 Å². The summed E-state index contributed by atoms with van der Waals surface area (Å²) in [5.74, 6) is 0.150. The number of carbonyl (C=O) groups excluding carboxylic acids is 2. The Labute approximate surface area is 204 Å². The van der Waals surface area contributed by atoms with Crippen molar-refractivity contribution in [2.75, 3.05) is 32.7 Å². The van der Waals surface area contributed by atoms with E-state index in [1.54, 1.807) is 6.92 Å². The summed E-state index contributed by atoms with van der Waals surface area (Å²) in [6.07, 6.45) is 12.8. The zero-order valence-corrected chi connectivity index (χ0v) is 21.2. The molecule has 2 saturated heterocycles. The van der Waals surface area contributed by atoms with Crippen molar-refractivity contribution in [1.29, 1.82) is 0 Å². The minimum atomic E-state index is -1.35. The molecule has 3 unspecified atom stereocenters. The van der Waals surface area contributed by atoms with Crippen LogP contribution in [0.5, 0.6) is 0 Å². The standard InChI is InChI=1S/C28H41N3O3/c1-19-16-23-20(2)28(27(3,34)25(32)24(23)17-19)18-21(28)8-7-11-29-26(33)31-14-9-22(10-15-31)30-12-5-4-6-13-30/h16-17,21-22,34H,4-15,18H2,1-3H3,(H,29,33). The van der Waals surface area contributed by atoms with Gasteiger partial charge >= 0.3 is 6.03 Å². The van der Waals surface area contributed by atoms with Crippen molar-refractivity contribution >= 4 is 11.8 Å². The van der Waals surface area contributed by atoms with Gasteiger partial charge in [-0.1, -0.05) is 18.1 Å². The normalized spacial score (nSPS) is 34.3. The maximum atomic E-state index is 13.1. The minimum absolute atomic E-state index is 0.0575. The number of nitrogens with one attached hydrogen (secondary N) is 1. The summed E-state index contributed by atoms with van der Waals surface area (Å²) in [6.45, 7) is 10.6. The Morgan fingerprint density at radius 2 is 1.82 bits per heavy atom. The number of nitrogens with zero attached hydrogens (tertiary/aromatic N) is 2. The molecule has 1 spiro atoms. The molecular formula is C28H41N3O3. The van der Waals surface area contributed by atoms with E-state index in [0.717, 1.165) is 61.9 Å². The van der Waals surface area contributed by atoms with E-state index in [1.165, 1.54) is 32.4 Å². The van der Waals surface area contributed by atoms with Crippen LogP contribution in [-0.2, 0) is 4.79 Å². The van der Waals surface area contributed by atoms with Crippen molar-refractivity contribution in [3.63, 3.8) is 0 Å². The van der Waals surface area contributed by atoms with Crippen molar-refractivity contribution in [2.24, 2.45) is 11.3 Å². The van der Waals surface area contributed by atoms with E-state index in [4.69, 9.17) is 0 Å². The highest BCUT2D eigenvalue weighted by atomic mass is 16.3. The van der Waals surface area contributed by atoms with E-state index in [-0.39, 0.29) is 17.7 Å². The molecule has 3 aliphatic carbocycles. The lowest BCUT2D eigenvalue weighted by Crippen LogP contribution is -2.50. The molecule has 2 aliphatic heterocycles. The Morgan fingerprint density at radius 1 is 1.12 bits per heavy atom. The van der Waals surface area contributed by atoms with Gasteiger partial charge in [0.1, 0.15) is 5.60 Å². The van der Waals surface area contributed by atoms with Gasteiger partial charge in [0.2, 0.25) is 0 Å². The number of carbonyl (C=O) groups is 2. The van der Waals surface area contributed by atoms with Crippen LogP contribution in [0.15, 0.2) is 34.4 Å². The molecule has 2 amide bonds. The lowest BCUT2D eigenvalue weighted by atomic mass is 9.66. The summed E-state index contributed by atoms with van der Waals surface area (Å²) in [5.41, 5.74) is 2.14. The van der Waals surface area contributed by atoms with Crippen LogP contribution in [0.25, 0.3) is 0 Å². The first-order valence-electron chi connectivity index (χ1n) is 13.4. The first-order chi connectivity index (χ1) is 16.3. The van der Waals surface area contributed by atoms with Gasteiger partial charge in [-0.15, -0.1) is 0 Å². The van der Waals surface area contributed by atoms with Gasteiger partial charge in [0.15, 0.2) is 5.78 Å². The number of rotatable bonds is 5. The highest BCUT2D eigenvalue weighted by Gasteiger charge is 2.70. The van der Waals surface area contributed by atoms with E-state index < -0.39 is 11.0 Å². The van der Waals surface area contributed by atoms with Crippen LogP contribution in [-0.4, -0.2) is 71.1 Å². The molecule has 5 aliphatic rings. The molecule has 0 radical (unpaired) electrons. The number of urea groups is 1. The molecule has 0 bridgehead atoms. The number of aliphatic hydroxyl groups is 1. The Morgan fingerprint density at radius 3 is 2.53 bits per heavy atom. The molecular weight excluding hydrogens is 426 g/mol. The zero-order chi connectivity index (χ0) is 24.1. The van der Waals surface area contributed by atoms with E-state index in [0.29, 0.717) is 18.2 Å². The van der Waals surface area contributed by atoms with Crippen LogP contribution < -0.4 is 5.32 Å². The Bertz CT molecular complexity index is 948. The van der Waals surface area contributed by atoms with Gasteiger partial charge in [-0.3, -0.25) is 4.79 Å². The average Bonchev–Trinajstić information content (AvgIpc) is 3.46. The van der Waals surface area contributed by atoms with E-state index in [9.17, 15) is 14.7 Å². The van der Waals surface area contributed by atoms with E-state index >= 15 is 0 Å². The number of likely N-dealkylation sites (tertiary alicyclic amines) is 2. The third kappa shape index (κ3) is 3.87. The SMILES string of the molecule is CC1=CC2=C(C)C3(CC3CCCNC(=O)N3CCC(N4CCCCC4)CC3)C(C)(O)C(=O)C2=C1. The molecule has 0 aromatic carbocycles. The van der Waals surface area contributed by atoms with Crippen molar-refractivity contribution in [3.8, 4) is 0 Å². The second-order valence-electron chi connectivity index (χ2n) is 11.4. The topological polar surface area (TPSA) is 72.9 Å². The summed E-state index contributed by atoms with van der Waals surface area (Å²) >= 11 is 0. The van der Waals surface area contributed by atoms with Crippen LogP contribution in [0.1, 0.15) is 72.1 Å². The van der Waals surface area contributed by atoms with Crippen LogP contribution in [0, 0.1) is 11.3 Å². The average molecular weight is 468 g/mol. The Kier molecular flexibility index (Phi) is 6.26.